The van der Waals surface area contributed by atoms with E-state index in [0.717, 1.165) is 38.6 Å². The van der Waals surface area contributed by atoms with Crippen LogP contribution in [0.4, 0.5) is 0 Å². The highest BCUT2D eigenvalue weighted by atomic mass is 16.4. The second kappa shape index (κ2) is 42.1. The van der Waals surface area contributed by atoms with Gasteiger partial charge in [-0.15, -0.1) is 0 Å². The summed E-state index contributed by atoms with van der Waals surface area (Å²) in [6, 6.07) is 7.08. The first-order chi connectivity index (χ1) is 25.6. The van der Waals surface area contributed by atoms with Gasteiger partial charge in [0, 0.05) is 37.9 Å². The Labute approximate surface area is 327 Å². The minimum Gasteiger partial charge on any atom is -0.481 e. The Kier molecular flexibility index (Phi) is 40.8. The summed E-state index contributed by atoms with van der Waals surface area (Å²) < 4.78 is 0. The van der Waals surface area contributed by atoms with Gasteiger partial charge in [0.25, 0.3) is 0 Å². The third-order valence-corrected chi connectivity index (χ3v) is 11.2. The van der Waals surface area contributed by atoms with Crippen molar-refractivity contribution >= 4 is 5.97 Å². The summed E-state index contributed by atoms with van der Waals surface area (Å²) in [5, 5.41) is 9.07. The molecular weight excluding hydrogens is 635 g/mol. The van der Waals surface area contributed by atoms with Crippen LogP contribution in [0.2, 0.25) is 0 Å². The van der Waals surface area contributed by atoms with Gasteiger partial charge >= 0.3 is 5.97 Å². The maximum Gasteiger partial charge on any atom is 0.303 e. The molecule has 2 atom stereocenters. The van der Waals surface area contributed by atoms with Crippen molar-refractivity contribution in [2.75, 3.05) is 6.54 Å². The Morgan fingerprint density at radius 3 is 1.13 bits per heavy atom. The summed E-state index contributed by atoms with van der Waals surface area (Å²) in [5.74, 6) is 7.70. The van der Waals surface area contributed by atoms with Crippen molar-refractivity contribution in [3.63, 3.8) is 0 Å². The quantitative estimate of drug-likeness (QED) is 0.0390. The lowest BCUT2D eigenvalue weighted by atomic mass is 9.82. The topological polar surface area (TPSA) is 40.5 Å². The van der Waals surface area contributed by atoms with Crippen LogP contribution >= 0.6 is 0 Å². The van der Waals surface area contributed by atoms with E-state index in [-0.39, 0.29) is 0 Å². The molecule has 1 N–H and O–H groups in total. The van der Waals surface area contributed by atoms with Crippen LogP contribution in [-0.4, -0.2) is 22.5 Å². The fourth-order valence-electron chi connectivity index (χ4n) is 7.71. The first-order valence-electron chi connectivity index (χ1n) is 23.5. The van der Waals surface area contributed by atoms with Crippen LogP contribution in [0.15, 0.2) is 0 Å². The van der Waals surface area contributed by atoms with Gasteiger partial charge in [0.15, 0.2) is 0 Å². The van der Waals surface area contributed by atoms with Gasteiger partial charge in [0.05, 0.1) is 0 Å². The molecule has 0 rings (SSSR count). The van der Waals surface area contributed by atoms with Crippen molar-refractivity contribution in [2.24, 2.45) is 11.8 Å². The van der Waals surface area contributed by atoms with E-state index < -0.39 is 5.97 Å². The van der Waals surface area contributed by atoms with E-state index in [9.17, 15) is 4.79 Å². The Bertz CT molecular complexity index is 826. The molecular formula is C49H91NO2. The summed E-state index contributed by atoms with van der Waals surface area (Å²) in [6.07, 6.45) is 47.1. The highest BCUT2D eigenvalue weighted by Crippen LogP contribution is 2.29. The monoisotopic (exact) mass is 726 g/mol. The normalized spacial score (nSPS) is 12.2. The first kappa shape index (κ1) is 50.4. The number of aliphatic carboxylic acids is 1. The summed E-state index contributed by atoms with van der Waals surface area (Å²) in [4.78, 5) is 13.2. The first-order valence-corrected chi connectivity index (χ1v) is 23.5. The van der Waals surface area contributed by atoms with Crippen molar-refractivity contribution in [2.45, 2.75) is 265 Å². The van der Waals surface area contributed by atoms with Gasteiger partial charge in [0.1, 0.15) is 0 Å². The van der Waals surface area contributed by atoms with E-state index in [2.05, 4.69) is 56.5 Å². The van der Waals surface area contributed by atoms with E-state index in [1.165, 1.54) is 199 Å². The van der Waals surface area contributed by atoms with Gasteiger partial charge in [-0.2, -0.15) is 0 Å². The molecule has 0 aromatic heterocycles. The molecule has 3 heteroatoms. The molecule has 3 nitrogen and oxygen atoms in total. The van der Waals surface area contributed by atoms with Crippen LogP contribution < -0.4 is 0 Å². The van der Waals surface area contributed by atoms with E-state index in [1.807, 2.05) is 0 Å². The number of carboxylic acid groups (broad SMARTS) is 1. The van der Waals surface area contributed by atoms with Gasteiger partial charge in [-0.05, 0) is 37.5 Å². The fraction of sp³-hybridized carbons (Fsp3) is 0.898. The van der Waals surface area contributed by atoms with Crippen LogP contribution in [-0.2, 0) is 4.79 Å². The summed E-state index contributed by atoms with van der Waals surface area (Å²) in [6.45, 7) is 10.2. The third-order valence-electron chi connectivity index (χ3n) is 11.2. The fourth-order valence-corrected chi connectivity index (χ4v) is 7.71. The maximum absolute atomic E-state index is 11.0. The number of rotatable bonds is 39. The van der Waals surface area contributed by atoms with Crippen LogP contribution in [0, 0.1) is 35.8 Å². The molecule has 0 fully saturated rings. The lowest BCUT2D eigenvalue weighted by molar-refractivity contribution is -0.137. The third kappa shape index (κ3) is 36.7. The molecule has 52 heavy (non-hydrogen) atoms. The molecule has 0 aromatic carbocycles. The van der Waals surface area contributed by atoms with Crippen molar-refractivity contribution in [1.82, 2.24) is 4.90 Å². The number of carboxylic acids is 1. The predicted octanol–water partition coefficient (Wildman–Crippen LogP) is 16.0. The Morgan fingerprint density at radius 2 is 0.769 bits per heavy atom. The van der Waals surface area contributed by atoms with Gasteiger partial charge in [-0.3, -0.25) is 9.69 Å². The molecule has 0 heterocycles. The Balaban J connectivity index is 5.03. The van der Waals surface area contributed by atoms with E-state index >= 15 is 0 Å². The molecule has 0 aliphatic heterocycles. The molecule has 0 aliphatic carbocycles. The average molecular weight is 726 g/mol. The maximum atomic E-state index is 11.0. The second-order valence-corrected chi connectivity index (χ2v) is 16.2. The zero-order valence-corrected chi connectivity index (χ0v) is 35.8. The van der Waals surface area contributed by atoms with E-state index in [1.54, 1.807) is 0 Å². The SMILES string of the molecule is CCCCCCCCC#CN(C#CCCCCCCCC)CC(CCCCCCC(=O)O)C(CC)CCCCCCCCCCCCCCCCC. The van der Waals surface area contributed by atoms with Crippen molar-refractivity contribution in [1.29, 1.82) is 0 Å². The molecule has 0 amide bonds. The van der Waals surface area contributed by atoms with Crippen LogP contribution in [0.5, 0.6) is 0 Å². The molecule has 304 valence electrons. The van der Waals surface area contributed by atoms with Crippen molar-refractivity contribution in [3.8, 4) is 23.9 Å². The average Bonchev–Trinajstić information content (AvgIpc) is 3.14. The Hall–Kier alpha value is -1.61. The van der Waals surface area contributed by atoms with Crippen LogP contribution in [0.1, 0.15) is 265 Å². The lowest BCUT2D eigenvalue weighted by Crippen LogP contribution is -2.27. The minimum atomic E-state index is -0.665. The number of hydrogen-bond donors (Lipinski definition) is 1. The van der Waals surface area contributed by atoms with Gasteiger partial charge in [0.2, 0.25) is 0 Å². The van der Waals surface area contributed by atoms with Crippen LogP contribution in [0.25, 0.3) is 0 Å². The number of hydrogen-bond acceptors (Lipinski definition) is 2. The number of nitrogens with zero attached hydrogens (tertiary/aromatic N) is 1. The smallest absolute Gasteiger partial charge is 0.303 e. The molecule has 0 aliphatic rings. The summed E-state index contributed by atoms with van der Waals surface area (Å²) >= 11 is 0. The van der Waals surface area contributed by atoms with Gasteiger partial charge in [-0.1, -0.05) is 232 Å². The molecule has 0 aromatic rings. The molecule has 0 saturated heterocycles. The second-order valence-electron chi connectivity index (χ2n) is 16.2. The molecule has 0 bridgehead atoms. The minimum absolute atomic E-state index is 0.302. The molecule has 2 unspecified atom stereocenters. The summed E-state index contributed by atoms with van der Waals surface area (Å²) in [7, 11) is 0. The van der Waals surface area contributed by atoms with Crippen LogP contribution in [0.3, 0.4) is 0 Å². The number of carbonyl (C=O) groups is 1. The molecule has 0 saturated carbocycles. The van der Waals surface area contributed by atoms with E-state index in [0.29, 0.717) is 18.3 Å². The predicted molar refractivity (Wildman–Crippen MR) is 230 cm³/mol. The number of unbranched alkanes of at least 4 members (excludes halogenated alkanes) is 29. The van der Waals surface area contributed by atoms with Gasteiger partial charge in [-0.25, -0.2) is 0 Å². The largest absolute Gasteiger partial charge is 0.481 e. The summed E-state index contributed by atoms with van der Waals surface area (Å²) in [5.41, 5.74) is 0. The van der Waals surface area contributed by atoms with E-state index in [4.69, 9.17) is 5.11 Å². The zero-order chi connectivity index (χ0) is 38.0. The molecule has 0 spiro atoms. The molecule has 0 radical (unpaired) electrons. The standard InChI is InChI=1S/C49H91NO2/c1-5-9-12-15-18-21-22-23-24-25-26-27-28-31-36-41-47(8-4)48(42-37-32-33-38-43-49(51)52)46-50(44-39-34-29-19-16-13-10-6-2)45-40-35-30-20-17-14-11-7-3/h47-48H,5-38,41-43,46H2,1-4H3,(H,51,52). The van der Waals surface area contributed by atoms with Crippen molar-refractivity contribution < 1.29 is 9.90 Å². The highest BCUT2D eigenvalue weighted by molar-refractivity contribution is 5.66. The highest BCUT2D eigenvalue weighted by Gasteiger charge is 2.21. The van der Waals surface area contributed by atoms with Crippen molar-refractivity contribution in [3.05, 3.63) is 0 Å². The Morgan fingerprint density at radius 1 is 0.442 bits per heavy atom. The zero-order valence-electron chi connectivity index (χ0n) is 35.8. The lowest BCUT2D eigenvalue weighted by Gasteiger charge is -2.29. The van der Waals surface area contributed by atoms with Gasteiger partial charge < -0.3 is 5.11 Å².